The van der Waals surface area contributed by atoms with Crippen molar-refractivity contribution < 1.29 is 4.79 Å². The van der Waals surface area contributed by atoms with Crippen molar-refractivity contribution in [3.63, 3.8) is 0 Å². The minimum atomic E-state index is 0.205. The van der Waals surface area contributed by atoms with E-state index in [-0.39, 0.29) is 5.91 Å². The molecule has 0 unspecified atom stereocenters. The van der Waals surface area contributed by atoms with Crippen LogP contribution >= 0.6 is 0 Å². The van der Waals surface area contributed by atoms with Crippen molar-refractivity contribution >= 4 is 5.91 Å². The number of terminal acetylenes is 1. The van der Waals surface area contributed by atoms with Gasteiger partial charge in [0.2, 0.25) is 5.91 Å². The molecule has 0 aromatic rings. The van der Waals surface area contributed by atoms with Crippen LogP contribution in [0.15, 0.2) is 0 Å². The summed E-state index contributed by atoms with van der Waals surface area (Å²) in [6.45, 7) is 5.35. The van der Waals surface area contributed by atoms with Crippen LogP contribution in [0.1, 0.15) is 58.8 Å². The molecule has 1 amide bonds. The van der Waals surface area contributed by atoms with E-state index in [4.69, 9.17) is 6.42 Å². The zero-order valence-corrected chi connectivity index (χ0v) is 10.8. The van der Waals surface area contributed by atoms with Gasteiger partial charge in [-0.3, -0.25) is 4.79 Å². The summed E-state index contributed by atoms with van der Waals surface area (Å²) < 4.78 is 0. The van der Waals surface area contributed by atoms with Crippen LogP contribution in [0.25, 0.3) is 0 Å². The Morgan fingerprint density at radius 3 is 2.31 bits per heavy atom. The van der Waals surface area contributed by atoms with Gasteiger partial charge in [0.25, 0.3) is 0 Å². The average molecular weight is 223 g/mol. The highest BCUT2D eigenvalue weighted by Gasteiger charge is 2.08. The van der Waals surface area contributed by atoms with E-state index in [1.807, 2.05) is 6.92 Å². The van der Waals surface area contributed by atoms with Gasteiger partial charge < -0.3 is 4.90 Å². The van der Waals surface area contributed by atoms with Gasteiger partial charge in [-0.05, 0) is 13.3 Å². The van der Waals surface area contributed by atoms with Gasteiger partial charge in [0, 0.05) is 13.0 Å². The fourth-order valence-corrected chi connectivity index (χ4v) is 1.70. The molecule has 92 valence electrons. The van der Waals surface area contributed by atoms with Crippen LogP contribution < -0.4 is 0 Å². The lowest BCUT2D eigenvalue weighted by molar-refractivity contribution is -0.130. The maximum absolute atomic E-state index is 11.7. The lowest BCUT2D eigenvalue weighted by atomic mass is 10.1. The van der Waals surface area contributed by atoms with Crippen molar-refractivity contribution in [2.75, 3.05) is 13.1 Å². The van der Waals surface area contributed by atoms with E-state index in [2.05, 4.69) is 12.8 Å². The fraction of sp³-hybridized carbons (Fsp3) is 0.786. The van der Waals surface area contributed by atoms with Crippen molar-refractivity contribution in [2.24, 2.45) is 0 Å². The molecule has 16 heavy (non-hydrogen) atoms. The van der Waals surface area contributed by atoms with Gasteiger partial charge in [0.1, 0.15) is 0 Å². The molecule has 0 fully saturated rings. The molecule has 0 aliphatic rings. The molecular weight excluding hydrogens is 198 g/mol. The van der Waals surface area contributed by atoms with Gasteiger partial charge in [0.15, 0.2) is 0 Å². The molecule has 0 heterocycles. The van der Waals surface area contributed by atoms with E-state index < -0.39 is 0 Å². The number of rotatable bonds is 9. The first-order valence-corrected chi connectivity index (χ1v) is 6.47. The second-order valence-corrected chi connectivity index (χ2v) is 4.13. The van der Waals surface area contributed by atoms with Gasteiger partial charge >= 0.3 is 0 Å². The number of carbonyl (C=O) groups excluding carboxylic acids is 1. The zero-order valence-electron chi connectivity index (χ0n) is 10.8. The summed E-state index contributed by atoms with van der Waals surface area (Å²) in [5.74, 6) is 2.73. The number of hydrogen-bond acceptors (Lipinski definition) is 1. The van der Waals surface area contributed by atoms with Gasteiger partial charge in [-0.1, -0.05) is 44.9 Å². The number of amides is 1. The molecular formula is C14H25NO. The maximum Gasteiger partial charge on any atom is 0.223 e. The average Bonchev–Trinajstić information content (AvgIpc) is 2.30. The smallest absolute Gasteiger partial charge is 0.223 e. The molecule has 0 atom stereocenters. The van der Waals surface area contributed by atoms with Gasteiger partial charge in [-0.2, -0.15) is 0 Å². The maximum atomic E-state index is 11.7. The largest absolute Gasteiger partial charge is 0.332 e. The quantitative estimate of drug-likeness (QED) is 0.434. The number of carbonyl (C=O) groups is 1. The predicted octanol–water partition coefficient (Wildman–Crippen LogP) is 3.22. The summed E-state index contributed by atoms with van der Waals surface area (Å²) in [5.41, 5.74) is 0. The van der Waals surface area contributed by atoms with Crippen molar-refractivity contribution in [1.29, 1.82) is 0 Å². The Kier molecular flexibility index (Phi) is 9.91. The molecule has 0 aromatic heterocycles. The van der Waals surface area contributed by atoms with Crippen molar-refractivity contribution in [3.05, 3.63) is 0 Å². The summed E-state index contributed by atoms with van der Waals surface area (Å²) in [7, 11) is 0. The molecule has 0 saturated heterocycles. The first-order valence-electron chi connectivity index (χ1n) is 6.47. The highest BCUT2D eigenvalue weighted by Crippen LogP contribution is 2.08. The van der Waals surface area contributed by atoms with E-state index >= 15 is 0 Å². The minimum absolute atomic E-state index is 0.205. The Balaban J connectivity index is 3.52. The minimum Gasteiger partial charge on any atom is -0.332 e. The predicted molar refractivity (Wildman–Crippen MR) is 69.1 cm³/mol. The highest BCUT2D eigenvalue weighted by atomic mass is 16.2. The third-order valence-corrected chi connectivity index (χ3v) is 2.76. The lowest BCUT2D eigenvalue weighted by Gasteiger charge is -2.17. The second-order valence-electron chi connectivity index (χ2n) is 4.13. The molecule has 2 nitrogen and oxygen atoms in total. The molecule has 0 aromatic carbocycles. The topological polar surface area (TPSA) is 20.3 Å². The van der Waals surface area contributed by atoms with Crippen LogP contribution in [-0.2, 0) is 4.79 Å². The van der Waals surface area contributed by atoms with E-state index in [1.165, 1.54) is 32.1 Å². The molecule has 0 spiro atoms. The van der Waals surface area contributed by atoms with Crippen LogP contribution in [0.3, 0.4) is 0 Å². The first-order chi connectivity index (χ1) is 7.76. The van der Waals surface area contributed by atoms with E-state index in [0.29, 0.717) is 13.0 Å². The highest BCUT2D eigenvalue weighted by molar-refractivity contribution is 5.76. The number of unbranched alkanes of at least 4 members (excludes halogenated alkanes) is 5. The normalized spacial score (nSPS) is 9.81. The molecule has 0 aliphatic heterocycles. The van der Waals surface area contributed by atoms with Crippen molar-refractivity contribution in [3.8, 4) is 12.3 Å². The summed E-state index contributed by atoms with van der Waals surface area (Å²) in [4.78, 5) is 13.4. The number of hydrogen-bond donors (Lipinski definition) is 0. The monoisotopic (exact) mass is 223 g/mol. The van der Waals surface area contributed by atoms with Crippen molar-refractivity contribution in [2.45, 2.75) is 58.8 Å². The Morgan fingerprint density at radius 2 is 1.75 bits per heavy atom. The molecule has 0 bridgehead atoms. The Bertz CT molecular complexity index is 217. The Morgan fingerprint density at radius 1 is 1.12 bits per heavy atom. The van der Waals surface area contributed by atoms with Gasteiger partial charge in [0.05, 0.1) is 6.54 Å². The number of nitrogens with zero attached hydrogens (tertiary/aromatic N) is 1. The standard InChI is InChI=1S/C14H25NO/c1-4-7-8-9-10-11-12-14(16)15(6-3)13-5-2/h2H,4,6-13H2,1,3H3. The van der Waals surface area contributed by atoms with Gasteiger partial charge in [-0.15, -0.1) is 6.42 Å². The SMILES string of the molecule is C#CCN(CC)C(=O)CCCCCCCC. The molecule has 0 N–H and O–H groups in total. The van der Waals surface area contributed by atoms with E-state index in [9.17, 15) is 4.79 Å². The summed E-state index contributed by atoms with van der Waals surface area (Å²) in [6.07, 6.45) is 13.2. The third kappa shape index (κ3) is 7.34. The van der Waals surface area contributed by atoms with E-state index in [1.54, 1.807) is 4.90 Å². The van der Waals surface area contributed by atoms with E-state index in [0.717, 1.165) is 13.0 Å². The Hall–Kier alpha value is -0.970. The molecule has 0 saturated carbocycles. The third-order valence-electron chi connectivity index (χ3n) is 2.76. The summed E-state index contributed by atoms with van der Waals surface area (Å²) in [6, 6.07) is 0. The van der Waals surface area contributed by atoms with Crippen LogP contribution in [-0.4, -0.2) is 23.9 Å². The van der Waals surface area contributed by atoms with Crippen molar-refractivity contribution in [1.82, 2.24) is 4.90 Å². The van der Waals surface area contributed by atoms with Crippen LogP contribution in [0.4, 0.5) is 0 Å². The van der Waals surface area contributed by atoms with Crippen LogP contribution in [0, 0.1) is 12.3 Å². The Labute approximate surface area is 100 Å². The summed E-state index contributed by atoms with van der Waals surface area (Å²) >= 11 is 0. The molecule has 0 radical (unpaired) electrons. The second kappa shape index (κ2) is 10.5. The van der Waals surface area contributed by atoms with Gasteiger partial charge in [-0.25, -0.2) is 0 Å². The lowest BCUT2D eigenvalue weighted by Crippen LogP contribution is -2.30. The summed E-state index contributed by atoms with van der Waals surface area (Å²) in [5, 5.41) is 0. The van der Waals surface area contributed by atoms with Crippen LogP contribution in [0.5, 0.6) is 0 Å². The molecule has 0 aliphatic carbocycles. The fourth-order valence-electron chi connectivity index (χ4n) is 1.70. The zero-order chi connectivity index (χ0) is 12.2. The van der Waals surface area contributed by atoms with Crippen LogP contribution in [0.2, 0.25) is 0 Å². The molecule has 0 rings (SSSR count). The molecule has 2 heteroatoms. The first kappa shape index (κ1) is 15.0.